The maximum Gasteiger partial charge on any atom is 0.407 e. The summed E-state index contributed by atoms with van der Waals surface area (Å²) in [6.45, 7) is -0.126. The SMILES string of the molecule is O=C(NC[C@H]1[C@@H](C(=O)N2CCC[C@@H](C(=O)O)C2)C1(F)F)OCC1c2ccccc2-c2ccccc21. The Bertz CT molecular complexity index is 1120. The predicted molar refractivity (Wildman–Crippen MR) is 122 cm³/mol. The molecule has 1 aliphatic heterocycles. The number of likely N-dealkylation sites (tertiary alicyclic amines) is 1. The van der Waals surface area contributed by atoms with E-state index in [0.717, 1.165) is 22.3 Å². The molecule has 1 heterocycles. The number of fused-ring (bicyclic) bond motifs is 3. The average molecular weight is 484 g/mol. The number of carbonyl (C=O) groups is 3. The smallest absolute Gasteiger partial charge is 0.407 e. The van der Waals surface area contributed by atoms with Crippen LogP contribution in [0.1, 0.15) is 29.9 Å². The van der Waals surface area contributed by atoms with Crippen molar-refractivity contribution < 1.29 is 33.0 Å². The van der Waals surface area contributed by atoms with Gasteiger partial charge < -0.3 is 20.1 Å². The highest BCUT2D eigenvalue weighted by Crippen LogP contribution is 2.56. The van der Waals surface area contributed by atoms with Gasteiger partial charge in [0.25, 0.3) is 5.92 Å². The minimum Gasteiger partial charge on any atom is -0.481 e. The van der Waals surface area contributed by atoms with Crippen molar-refractivity contribution in [3.63, 3.8) is 0 Å². The average Bonchev–Trinajstić information content (AvgIpc) is 3.26. The highest BCUT2D eigenvalue weighted by atomic mass is 19.3. The first-order valence-electron chi connectivity index (χ1n) is 11.8. The maximum absolute atomic E-state index is 14.4. The number of nitrogens with zero attached hydrogens (tertiary/aromatic N) is 1. The molecule has 3 atom stereocenters. The van der Waals surface area contributed by atoms with Crippen LogP contribution in [0, 0.1) is 17.8 Å². The number of benzene rings is 2. The van der Waals surface area contributed by atoms with E-state index in [1.165, 1.54) is 4.90 Å². The Morgan fingerprint density at radius 2 is 1.69 bits per heavy atom. The molecule has 184 valence electrons. The lowest BCUT2D eigenvalue weighted by atomic mass is 9.98. The number of alkyl halides is 2. The third kappa shape index (κ3) is 4.24. The molecule has 2 amide bonds. The minimum absolute atomic E-state index is 0.0622. The Kier molecular flexibility index (Phi) is 5.94. The summed E-state index contributed by atoms with van der Waals surface area (Å²) in [4.78, 5) is 37.4. The van der Waals surface area contributed by atoms with Crippen molar-refractivity contribution in [1.29, 1.82) is 0 Å². The van der Waals surface area contributed by atoms with Crippen LogP contribution in [0.2, 0.25) is 0 Å². The molecule has 2 aromatic rings. The monoisotopic (exact) mass is 484 g/mol. The second kappa shape index (κ2) is 8.94. The predicted octanol–water partition coefficient (Wildman–Crippen LogP) is 3.73. The van der Waals surface area contributed by atoms with Crippen molar-refractivity contribution in [2.45, 2.75) is 24.7 Å². The fraction of sp³-hybridized carbons (Fsp3) is 0.423. The van der Waals surface area contributed by atoms with E-state index in [1.54, 1.807) is 0 Å². The molecular weight excluding hydrogens is 458 g/mol. The summed E-state index contributed by atoms with van der Waals surface area (Å²) in [6.07, 6.45) is 0.0704. The molecule has 0 aromatic heterocycles. The van der Waals surface area contributed by atoms with Gasteiger partial charge in [0, 0.05) is 25.6 Å². The van der Waals surface area contributed by atoms with Crippen molar-refractivity contribution in [1.82, 2.24) is 10.2 Å². The first kappa shape index (κ1) is 23.3. The van der Waals surface area contributed by atoms with Gasteiger partial charge in [0.1, 0.15) is 12.5 Å². The fourth-order valence-electron chi connectivity index (χ4n) is 5.40. The molecule has 0 radical (unpaired) electrons. The van der Waals surface area contributed by atoms with Gasteiger partial charge in [-0.25, -0.2) is 13.6 Å². The van der Waals surface area contributed by atoms with Gasteiger partial charge in [0.2, 0.25) is 5.91 Å². The Balaban J connectivity index is 1.16. The summed E-state index contributed by atoms with van der Waals surface area (Å²) in [5.74, 6) is -8.80. The number of carboxylic acids is 1. The standard InChI is InChI=1S/C26H26F2N2O5/c27-26(28)21(22(26)23(31)30-11-5-6-15(13-30)24(32)33)12-29-25(34)35-14-20-18-9-3-1-7-16(18)17-8-2-4-10-19(17)20/h1-4,7-10,15,20-22H,5-6,11-14H2,(H,29,34)(H,32,33)/t15-,21+,22+/m1/s1. The zero-order chi connectivity index (χ0) is 24.7. The number of nitrogens with one attached hydrogen (secondary N) is 1. The Morgan fingerprint density at radius 3 is 2.31 bits per heavy atom. The number of ether oxygens (including phenoxy) is 1. The Hall–Kier alpha value is -3.49. The summed E-state index contributed by atoms with van der Waals surface area (Å²) in [6, 6.07) is 15.7. The van der Waals surface area contributed by atoms with Gasteiger partial charge in [-0.1, -0.05) is 48.5 Å². The number of carbonyl (C=O) groups excluding carboxylic acids is 2. The van der Waals surface area contributed by atoms with Crippen molar-refractivity contribution in [2.75, 3.05) is 26.2 Å². The van der Waals surface area contributed by atoms with Crippen LogP contribution in [0.4, 0.5) is 13.6 Å². The number of carboxylic acid groups (broad SMARTS) is 1. The summed E-state index contributed by atoms with van der Waals surface area (Å²) < 4.78 is 34.1. The molecule has 0 bridgehead atoms. The number of rotatable bonds is 6. The molecule has 2 fully saturated rings. The molecule has 7 nitrogen and oxygen atoms in total. The van der Waals surface area contributed by atoms with E-state index < -0.39 is 48.2 Å². The molecule has 1 saturated carbocycles. The third-order valence-electron chi connectivity index (χ3n) is 7.36. The topological polar surface area (TPSA) is 95.9 Å². The van der Waals surface area contributed by atoms with Gasteiger partial charge in [-0.2, -0.15) is 0 Å². The number of piperidine rings is 1. The largest absolute Gasteiger partial charge is 0.481 e. The maximum atomic E-state index is 14.4. The molecular formula is C26H26F2N2O5. The molecule has 5 rings (SSSR count). The first-order valence-corrected chi connectivity index (χ1v) is 11.8. The number of amides is 2. The van der Waals surface area contributed by atoms with Crippen LogP contribution in [0.25, 0.3) is 11.1 Å². The lowest BCUT2D eigenvalue weighted by Gasteiger charge is -2.30. The summed E-state index contributed by atoms with van der Waals surface area (Å²) in [7, 11) is 0. The van der Waals surface area contributed by atoms with E-state index in [9.17, 15) is 28.3 Å². The number of alkyl carbamates (subject to hydrolysis) is 1. The van der Waals surface area contributed by atoms with Crippen LogP contribution in [-0.2, 0) is 14.3 Å². The van der Waals surface area contributed by atoms with E-state index in [-0.39, 0.29) is 25.6 Å². The molecule has 2 aliphatic carbocycles. The van der Waals surface area contributed by atoms with Crippen LogP contribution in [0.15, 0.2) is 48.5 Å². The number of halogens is 2. The van der Waals surface area contributed by atoms with E-state index in [1.807, 2.05) is 48.5 Å². The van der Waals surface area contributed by atoms with Gasteiger partial charge in [0.05, 0.1) is 11.8 Å². The second-order valence-electron chi connectivity index (χ2n) is 9.43. The first-order chi connectivity index (χ1) is 16.8. The van der Waals surface area contributed by atoms with Crippen LogP contribution in [0.5, 0.6) is 0 Å². The van der Waals surface area contributed by atoms with E-state index in [4.69, 9.17) is 4.74 Å². The van der Waals surface area contributed by atoms with Crippen LogP contribution in [-0.4, -0.2) is 60.1 Å². The molecule has 2 aromatic carbocycles. The van der Waals surface area contributed by atoms with E-state index >= 15 is 0 Å². The second-order valence-corrected chi connectivity index (χ2v) is 9.43. The molecule has 0 unspecified atom stereocenters. The summed E-state index contributed by atoms with van der Waals surface area (Å²) >= 11 is 0. The van der Waals surface area contributed by atoms with Crippen LogP contribution < -0.4 is 5.32 Å². The zero-order valence-corrected chi connectivity index (χ0v) is 19.0. The summed E-state index contributed by atoms with van der Waals surface area (Å²) in [5, 5.41) is 11.6. The van der Waals surface area contributed by atoms with E-state index in [2.05, 4.69) is 5.32 Å². The van der Waals surface area contributed by atoms with Gasteiger partial charge in [-0.05, 0) is 35.1 Å². The normalized spacial score (nSPS) is 24.3. The molecule has 9 heteroatoms. The third-order valence-corrected chi connectivity index (χ3v) is 7.36. The van der Waals surface area contributed by atoms with Gasteiger partial charge in [-0.15, -0.1) is 0 Å². The van der Waals surface area contributed by atoms with Gasteiger partial charge in [-0.3, -0.25) is 9.59 Å². The highest BCUT2D eigenvalue weighted by Gasteiger charge is 2.72. The molecule has 35 heavy (non-hydrogen) atoms. The van der Waals surface area contributed by atoms with Crippen molar-refractivity contribution in [3.05, 3.63) is 59.7 Å². The Labute approximate surface area is 201 Å². The Morgan fingerprint density at radius 1 is 1.06 bits per heavy atom. The zero-order valence-electron chi connectivity index (χ0n) is 19.0. The van der Waals surface area contributed by atoms with Crippen molar-refractivity contribution >= 4 is 18.0 Å². The van der Waals surface area contributed by atoms with E-state index in [0.29, 0.717) is 12.8 Å². The minimum atomic E-state index is -3.25. The molecule has 3 aliphatic rings. The number of hydrogen-bond donors (Lipinski definition) is 2. The fourth-order valence-corrected chi connectivity index (χ4v) is 5.40. The highest BCUT2D eigenvalue weighted by molar-refractivity contribution is 5.85. The number of hydrogen-bond acceptors (Lipinski definition) is 4. The molecule has 1 saturated heterocycles. The van der Waals surface area contributed by atoms with Crippen molar-refractivity contribution in [3.8, 4) is 11.1 Å². The quantitative estimate of drug-likeness (QED) is 0.652. The van der Waals surface area contributed by atoms with Crippen LogP contribution >= 0.6 is 0 Å². The van der Waals surface area contributed by atoms with Crippen LogP contribution in [0.3, 0.4) is 0 Å². The lowest BCUT2D eigenvalue weighted by Crippen LogP contribution is -2.43. The lowest BCUT2D eigenvalue weighted by molar-refractivity contribution is -0.146. The molecule has 0 spiro atoms. The summed E-state index contributed by atoms with van der Waals surface area (Å²) in [5.41, 5.74) is 4.25. The van der Waals surface area contributed by atoms with Crippen molar-refractivity contribution in [2.24, 2.45) is 17.8 Å². The van der Waals surface area contributed by atoms with Gasteiger partial charge >= 0.3 is 12.1 Å². The molecule has 2 N–H and O–H groups in total. The number of aliphatic carboxylic acids is 1. The van der Waals surface area contributed by atoms with Gasteiger partial charge in [0.15, 0.2) is 0 Å².